The zero-order valence-electron chi connectivity index (χ0n) is 17.0. The second-order valence-electron chi connectivity index (χ2n) is 7.27. The minimum absolute atomic E-state index is 0.0106. The predicted octanol–water partition coefficient (Wildman–Crippen LogP) is 2.88. The van der Waals surface area contributed by atoms with Gasteiger partial charge in [0.1, 0.15) is 0 Å². The van der Waals surface area contributed by atoms with Crippen molar-refractivity contribution in [3.05, 3.63) is 65.2 Å². The van der Waals surface area contributed by atoms with Gasteiger partial charge in [-0.15, -0.1) is 0 Å². The first-order chi connectivity index (χ1) is 14.0. The van der Waals surface area contributed by atoms with E-state index >= 15 is 0 Å². The molecular formula is C22H28N4O3. The topological polar surface area (TPSA) is 76.1 Å². The molecule has 0 aliphatic carbocycles. The first-order valence-corrected chi connectivity index (χ1v) is 9.90. The molecule has 1 fully saturated rings. The van der Waals surface area contributed by atoms with Crippen LogP contribution in [0.3, 0.4) is 0 Å². The Morgan fingerprint density at radius 1 is 1.07 bits per heavy atom. The summed E-state index contributed by atoms with van der Waals surface area (Å²) in [6.45, 7) is 8.74. The molecule has 0 aromatic heterocycles. The van der Waals surface area contributed by atoms with Crippen LogP contribution in [-0.2, 0) is 6.54 Å². The Bertz CT molecular complexity index is 845. The van der Waals surface area contributed by atoms with Crippen molar-refractivity contribution in [2.24, 2.45) is 0 Å². The molecule has 154 valence electrons. The number of carbonyl (C=O) groups excluding carboxylic acids is 2. The van der Waals surface area contributed by atoms with Gasteiger partial charge in [-0.05, 0) is 48.9 Å². The first kappa shape index (κ1) is 20.8. The maximum Gasteiger partial charge on any atom is 0.324 e. The highest BCUT2D eigenvalue weighted by Gasteiger charge is 2.26. The number of nitrogens with one attached hydrogen (secondary N) is 1. The van der Waals surface area contributed by atoms with Gasteiger partial charge in [-0.3, -0.25) is 14.9 Å². The normalized spacial score (nSPS) is 14.5. The van der Waals surface area contributed by atoms with Gasteiger partial charge in [-0.25, -0.2) is 10.3 Å². The van der Waals surface area contributed by atoms with Crippen molar-refractivity contribution in [3.63, 3.8) is 0 Å². The summed E-state index contributed by atoms with van der Waals surface area (Å²) in [5, 5.41) is 8.77. The van der Waals surface area contributed by atoms with E-state index in [2.05, 4.69) is 11.8 Å². The molecule has 1 aliphatic heterocycles. The Morgan fingerprint density at radius 3 is 2.34 bits per heavy atom. The van der Waals surface area contributed by atoms with Gasteiger partial charge in [0.25, 0.3) is 5.91 Å². The number of benzene rings is 2. The van der Waals surface area contributed by atoms with Crippen LogP contribution in [0.15, 0.2) is 48.5 Å². The predicted molar refractivity (Wildman–Crippen MR) is 112 cm³/mol. The SMILES string of the molecule is CCN1CCN(C(=O)N(Cc2ccc(C(=O)NO)cc2)c2cccc(C)c2)CC1. The lowest BCUT2D eigenvalue weighted by Crippen LogP contribution is -2.52. The Balaban J connectivity index is 1.82. The maximum absolute atomic E-state index is 13.4. The van der Waals surface area contributed by atoms with Crippen molar-refractivity contribution in [1.82, 2.24) is 15.3 Å². The summed E-state index contributed by atoms with van der Waals surface area (Å²) >= 11 is 0. The first-order valence-electron chi connectivity index (χ1n) is 9.90. The zero-order valence-corrected chi connectivity index (χ0v) is 17.0. The van der Waals surface area contributed by atoms with Gasteiger partial charge in [0, 0.05) is 37.4 Å². The minimum atomic E-state index is -0.558. The Labute approximate surface area is 171 Å². The summed E-state index contributed by atoms with van der Waals surface area (Å²) in [5.74, 6) is -0.558. The number of urea groups is 1. The number of nitrogens with zero attached hydrogens (tertiary/aromatic N) is 3. The molecule has 7 nitrogen and oxygen atoms in total. The van der Waals surface area contributed by atoms with E-state index < -0.39 is 5.91 Å². The summed E-state index contributed by atoms with van der Waals surface area (Å²) in [7, 11) is 0. The van der Waals surface area contributed by atoms with E-state index in [1.54, 1.807) is 34.6 Å². The smallest absolute Gasteiger partial charge is 0.322 e. The van der Waals surface area contributed by atoms with Crippen molar-refractivity contribution < 1.29 is 14.8 Å². The fraction of sp³-hybridized carbons (Fsp3) is 0.364. The number of aryl methyl sites for hydroxylation is 1. The van der Waals surface area contributed by atoms with Gasteiger partial charge in [0.2, 0.25) is 0 Å². The summed E-state index contributed by atoms with van der Waals surface area (Å²) in [5.41, 5.74) is 4.84. The maximum atomic E-state index is 13.4. The van der Waals surface area contributed by atoms with Gasteiger partial charge in [0.05, 0.1) is 6.54 Å². The van der Waals surface area contributed by atoms with Crippen molar-refractivity contribution >= 4 is 17.6 Å². The molecule has 0 unspecified atom stereocenters. The molecule has 29 heavy (non-hydrogen) atoms. The zero-order chi connectivity index (χ0) is 20.8. The molecule has 0 saturated carbocycles. The molecule has 1 aliphatic rings. The van der Waals surface area contributed by atoms with Crippen LogP contribution in [0.1, 0.15) is 28.4 Å². The van der Waals surface area contributed by atoms with Gasteiger partial charge in [-0.2, -0.15) is 0 Å². The highest BCUT2D eigenvalue weighted by molar-refractivity contribution is 5.94. The number of hydrogen-bond acceptors (Lipinski definition) is 4. The molecule has 2 aromatic carbocycles. The molecule has 3 rings (SSSR count). The van der Waals surface area contributed by atoms with E-state index in [-0.39, 0.29) is 6.03 Å². The molecule has 7 heteroatoms. The number of hydroxylamine groups is 1. The Kier molecular flexibility index (Phi) is 6.85. The van der Waals surface area contributed by atoms with Crippen molar-refractivity contribution in [2.75, 3.05) is 37.6 Å². The minimum Gasteiger partial charge on any atom is -0.322 e. The third kappa shape index (κ3) is 5.13. The molecule has 0 bridgehead atoms. The molecular weight excluding hydrogens is 368 g/mol. The highest BCUT2D eigenvalue weighted by atomic mass is 16.5. The number of anilines is 1. The second-order valence-corrected chi connectivity index (χ2v) is 7.27. The third-order valence-electron chi connectivity index (χ3n) is 5.29. The number of rotatable bonds is 5. The standard InChI is InChI=1S/C22H28N4O3/c1-3-24-11-13-25(14-12-24)22(28)26(20-6-4-5-17(2)15-20)16-18-7-9-19(10-8-18)21(27)23-29/h4-10,15,29H,3,11-14,16H2,1-2H3,(H,23,27). The summed E-state index contributed by atoms with van der Waals surface area (Å²) in [4.78, 5) is 30.9. The van der Waals surface area contributed by atoms with E-state index in [4.69, 9.17) is 5.21 Å². The van der Waals surface area contributed by atoms with Crippen LogP contribution in [0.5, 0.6) is 0 Å². The summed E-state index contributed by atoms with van der Waals surface area (Å²) in [6.07, 6.45) is 0. The van der Waals surface area contributed by atoms with Crippen LogP contribution in [0.4, 0.5) is 10.5 Å². The number of piperazine rings is 1. The monoisotopic (exact) mass is 396 g/mol. The highest BCUT2D eigenvalue weighted by Crippen LogP contribution is 2.21. The van der Waals surface area contributed by atoms with Crippen molar-refractivity contribution in [3.8, 4) is 0 Å². The molecule has 3 amide bonds. The van der Waals surface area contributed by atoms with Gasteiger partial charge >= 0.3 is 6.03 Å². The van der Waals surface area contributed by atoms with E-state index in [0.29, 0.717) is 25.2 Å². The van der Waals surface area contributed by atoms with Crippen LogP contribution in [0, 0.1) is 6.92 Å². The number of carbonyl (C=O) groups is 2. The largest absolute Gasteiger partial charge is 0.324 e. The van der Waals surface area contributed by atoms with Crippen molar-refractivity contribution in [1.29, 1.82) is 0 Å². The molecule has 2 N–H and O–H groups in total. The van der Waals surface area contributed by atoms with E-state index in [1.165, 1.54) is 0 Å². The molecule has 1 heterocycles. The summed E-state index contributed by atoms with van der Waals surface area (Å²) < 4.78 is 0. The number of likely N-dealkylation sites (N-methyl/N-ethyl adjacent to an activating group) is 1. The molecule has 0 spiro atoms. The Morgan fingerprint density at radius 2 is 1.76 bits per heavy atom. The lowest BCUT2D eigenvalue weighted by Gasteiger charge is -2.37. The second kappa shape index (κ2) is 9.54. The van der Waals surface area contributed by atoms with Gasteiger partial charge in [0.15, 0.2) is 0 Å². The fourth-order valence-corrected chi connectivity index (χ4v) is 3.50. The van der Waals surface area contributed by atoms with Crippen LogP contribution in [-0.4, -0.2) is 59.7 Å². The van der Waals surface area contributed by atoms with Crippen LogP contribution >= 0.6 is 0 Å². The third-order valence-corrected chi connectivity index (χ3v) is 5.29. The fourth-order valence-electron chi connectivity index (χ4n) is 3.50. The van der Waals surface area contributed by atoms with E-state index in [0.717, 1.165) is 36.4 Å². The van der Waals surface area contributed by atoms with Crippen molar-refractivity contribution in [2.45, 2.75) is 20.4 Å². The Hall–Kier alpha value is -2.90. The quantitative estimate of drug-likeness (QED) is 0.602. The van der Waals surface area contributed by atoms with E-state index in [1.807, 2.05) is 36.1 Å². The van der Waals surface area contributed by atoms with E-state index in [9.17, 15) is 9.59 Å². The van der Waals surface area contributed by atoms with Crippen LogP contribution in [0.2, 0.25) is 0 Å². The molecule has 1 saturated heterocycles. The number of hydrogen-bond donors (Lipinski definition) is 2. The van der Waals surface area contributed by atoms with Gasteiger partial charge in [-0.1, -0.05) is 31.2 Å². The van der Waals surface area contributed by atoms with Crippen LogP contribution in [0.25, 0.3) is 0 Å². The average Bonchev–Trinajstić information content (AvgIpc) is 2.77. The molecule has 2 aromatic rings. The van der Waals surface area contributed by atoms with Gasteiger partial charge < -0.3 is 9.80 Å². The lowest BCUT2D eigenvalue weighted by atomic mass is 10.1. The average molecular weight is 396 g/mol. The molecule has 0 radical (unpaired) electrons. The van der Waals surface area contributed by atoms with Crippen LogP contribution < -0.4 is 10.4 Å². The molecule has 0 atom stereocenters. The summed E-state index contributed by atoms with van der Waals surface area (Å²) in [6, 6.07) is 14.8. The lowest BCUT2D eigenvalue weighted by molar-refractivity contribution is 0.0706. The number of amides is 3.